The van der Waals surface area contributed by atoms with Crippen molar-refractivity contribution in [3.05, 3.63) is 71.3 Å². The van der Waals surface area contributed by atoms with E-state index in [1.165, 1.54) is 6.92 Å². The molecule has 2 aromatic rings. The molecule has 0 heterocycles. The molecule has 160 valence electrons. The number of carbonyl (C=O) groups excluding carboxylic acids is 3. The average Bonchev–Trinajstić information content (AvgIpc) is 2.69. The topological polar surface area (TPSA) is 81.7 Å². The van der Waals surface area contributed by atoms with Gasteiger partial charge in [0, 0.05) is 12.0 Å². The number of ether oxygens (including phenoxy) is 2. The Balaban J connectivity index is 2.01. The number of amides is 1. The van der Waals surface area contributed by atoms with Crippen LogP contribution in [0.15, 0.2) is 54.6 Å². The lowest BCUT2D eigenvalue weighted by Gasteiger charge is -2.24. The van der Waals surface area contributed by atoms with E-state index in [4.69, 9.17) is 9.47 Å². The highest BCUT2D eigenvalue weighted by atomic mass is 16.6. The molecule has 0 fully saturated rings. The van der Waals surface area contributed by atoms with Crippen LogP contribution in [0.25, 0.3) is 0 Å². The van der Waals surface area contributed by atoms with E-state index in [1.54, 1.807) is 45.0 Å². The number of Topliss-reactive ketones (excluding diaryl/α,β-unsaturated/α-hetero) is 1. The van der Waals surface area contributed by atoms with Gasteiger partial charge in [0.15, 0.2) is 5.78 Å². The van der Waals surface area contributed by atoms with Crippen LogP contribution in [-0.2, 0) is 20.9 Å². The number of alkyl carbamates (subject to hydrolysis) is 1. The summed E-state index contributed by atoms with van der Waals surface area (Å²) in [5.41, 5.74) is 1.63. The molecule has 2 aromatic carbocycles. The van der Waals surface area contributed by atoms with E-state index < -0.39 is 17.7 Å². The van der Waals surface area contributed by atoms with Crippen molar-refractivity contribution in [2.24, 2.45) is 0 Å². The van der Waals surface area contributed by atoms with E-state index in [1.807, 2.05) is 30.3 Å². The Labute approximate surface area is 177 Å². The lowest BCUT2D eigenvalue weighted by Crippen LogP contribution is -2.35. The third kappa shape index (κ3) is 8.07. The fourth-order valence-corrected chi connectivity index (χ4v) is 2.79. The summed E-state index contributed by atoms with van der Waals surface area (Å²) in [6, 6.07) is 15.9. The van der Waals surface area contributed by atoms with Crippen molar-refractivity contribution in [2.75, 3.05) is 0 Å². The smallest absolute Gasteiger partial charge is 0.408 e. The molecular formula is C24H29NO5. The molecule has 0 unspecified atom stereocenters. The average molecular weight is 411 g/mol. The third-order valence-corrected chi connectivity index (χ3v) is 4.29. The Kier molecular flexibility index (Phi) is 8.16. The molecular weight excluding hydrogens is 382 g/mol. The minimum atomic E-state index is -0.637. The minimum Gasteiger partial charge on any atom is -0.461 e. The van der Waals surface area contributed by atoms with Gasteiger partial charge in [0.25, 0.3) is 0 Å². The van der Waals surface area contributed by atoms with Crippen molar-refractivity contribution >= 4 is 17.8 Å². The van der Waals surface area contributed by atoms with Gasteiger partial charge in [-0.1, -0.05) is 54.6 Å². The second-order valence-corrected chi connectivity index (χ2v) is 8.06. The number of esters is 1. The van der Waals surface area contributed by atoms with Gasteiger partial charge in [0.1, 0.15) is 12.2 Å². The lowest BCUT2D eigenvalue weighted by atomic mass is 10.00. The van der Waals surface area contributed by atoms with Gasteiger partial charge in [-0.3, -0.25) is 9.59 Å². The quantitative estimate of drug-likeness (QED) is 0.489. The SMILES string of the molecule is CC(=O)c1ccc([C@H](CCC(=O)OCc2ccccc2)NC(=O)OC(C)(C)C)cc1. The van der Waals surface area contributed by atoms with Crippen LogP contribution in [0.5, 0.6) is 0 Å². The molecule has 0 radical (unpaired) electrons. The lowest BCUT2D eigenvalue weighted by molar-refractivity contribution is -0.145. The van der Waals surface area contributed by atoms with Crippen LogP contribution in [0.2, 0.25) is 0 Å². The predicted molar refractivity (Wildman–Crippen MR) is 114 cm³/mol. The van der Waals surface area contributed by atoms with Crippen molar-refractivity contribution in [1.29, 1.82) is 0 Å². The van der Waals surface area contributed by atoms with Gasteiger partial charge in [-0.15, -0.1) is 0 Å². The first-order valence-electron chi connectivity index (χ1n) is 9.94. The third-order valence-electron chi connectivity index (χ3n) is 4.29. The second-order valence-electron chi connectivity index (χ2n) is 8.06. The van der Waals surface area contributed by atoms with Crippen LogP contribution in [0.3, 0.4) is 0 Å². The van der Waals surface area contributed by atoms with Crippen LogP contribution in [0, 0.1) is 0 Å². The van der Waals surface area contributed by atoms with E-state index in [9.17, 15) is 14.4 Å². The summed E-state index contributed by atoms with van der Waals surface area (Å²) in [7, 11) is 0. The zero-order chi connectivity index (χ0) is 22.1. The van der Waals surface area contributed by atoms with Gasteiger partial charge < -0.3 is 14.8 Å². The Hall–Kier alpha value is -3.15. The molecule has 6 nitrogen and oxygen atoms in total. The number of carbonyl (C=O) groups is 3. The normalized spacial score (nSPS) is 12.0. The fourth-order valence-electron chi connectivity index (χ4n) is 2.79. The van der Waals surface area contributed by atoms with Crippen LogP contribution >= 0.6 is 0 Å². The van der Waals surface area contributed by atoms with Gasteiger partial charge in [0.05, 0.1) is 6.04 Å². The van der Waals surface area contributed by atoms with Gasteiger partial charge in [-0.05, 0) is 45.2 Å². The number of ketones is 1. The Morgan fingerprint density at radius 2 is 1.60 bits per heavy atom. The molecule has 0 saturated carbocycles. The molecule has 0 aromatic heterocycles. The maximum absolute atomic E-state index is 12.3. The zero-order valence-corrected chi connectivity index (χ0v) is 17.9. The molecule has 0 saturated heterocycles. The highest BCUT2D eigenvalue weighted by Gasteiger charge is 2.22. The first-order chi connectivity index (χ1) is 14.1. The molecule has 1 atom stereocenters. The number of hydrogen-bond acceptors (Lipinski definition) is 5. The Bertz CT molecular complexity index is 853. The summed E-state index contributed by atoms with van der Waals surface area (Å²) in [5.74, 6) is -0.391. The Morgan fingerprint density at radius 3 is 2.17 bits per heavy atom. The molecule has 0 aliphatic rings. The summed E-state index contributed by atoms with van der Waals surface area (Å²) in [6.07, 6.45) is -0.102. The van der Waals surface area contributed by atoms with Crippen molar-refractivity contribution < 1.29 is 23.9 Å². The molecule has 0 spiro atoms. The molecule has 0 aliphatic carbocycles. The van der Waals surface area contributed by atoms with E-state index in [2.05, 4.69) is 5.32 Å². The van der Waals surface area contributed by atoms with Crippen LogP contribution in [0.1, 0.15) is 68.1 Å². The molecule has 1 amide bonds. The second kappa shape index (κ2) is 10.6. The zero-order valence-electron chi connectivity index (χ0n) is 17.9. The number of hydrogen-bond donors (Lipinski definition) is 1. The Morgan fingerprint density at radius 1 is 0.967 bits per heavy atom. The first kappa shape index (κ1) is 23.1. The maximum atomic E-state index is 12.3. The summed E-state index contributed by atoms with van der Waals surface area (Å²) in [4.78, 5) is 36.0. The summed E-state index contributed by atoms with van der Waals surface area (Å²) >= 11 is 0. The number of nitrogens with one attached hydrogen (secondary N) is 1. The standard InChI is InChI=1S/C24H29NO5/c1-17(26)19-10-12-20(13-11-19)21(25-23(28)30-24(2,3)4)14-15-22(27)29-16-18-8-6-5-7-9-18/h5-13,21H,14-16H2,1-4H3,(H,25,28)/t21-/m0/s1. The van der Waals surface area contributed by atoms with E-state index in [-0.39, 0.29) is 24.8 Å². The van der Waals surface area contributed by atoms with Crippen molar-refractivity contribution in [2.45, 2.75) is 58.8 Å². The molecule has 30 heavy (non-hydrogen) atoms. The minimum absolute atomic E-state index is 0.0392. The van der Waals surface area contributed by atoms with E-state index >= 15 is 0 Å². The monoisotopic (exact) mass is 411 g/mol. The summed E-state index contributed by atoms with van der Waals surface area (Å²) in [6.45, 7) is 7.05. The molecule has 0 bridgehead atoms. The fraction of sp³-hybridized carbons (Fsp3) is 0.375. The molecule has 2 rings (SSSR count). The first-order valence-corrected chi connectivity index (χ1v) is 9.94. The largest absolute Gasteiger partial charge is 0.461 e. The van der Waals surface area contributed by atoms with Crippen molar-refractivity contribution in [1.82, 2.24) is 5.32 Å². The van der Waals surface area contributed by atoms with Crippen molar-refractivity contribution in [3.63, 3.8) is 0 Å². The summed E-state index contributed by atoms with van der Waals surface area (Å²) < 4.78 is 10.7. The highest BCUT2D eigenvalue weighted by molar-refractivity contribution is 5.94. The van der Waals surface area contributed by atoms with Gasteiger partial charge >= 0.3 is 12.1 Å². The molecule has 1 N–H and O–H groups in total. The van der Waals surface area contributed by atoms with Gasteiger partial charge in [-0.25, -0.2) is 4.79 Å². The number of rotatable bonds is 8. The van der Waals surface area contributed by atoms with E-state index in [0.717, 1.165) is 11.1 Å². The predicted octanol–water partition coefficient (Wildman–Crippen LogP) is 4.98. The van der Waals surface area contributed by atoms with Crippen LogP contribution in [-0.4, -0.2) is 23.4 Å². The van der Waals surface area contributed by atoms with Crippen molar-refractivity contribution in [3.8, 4) is 0 Å². The van der Waals surface area contributed by atoms with Gasteiger partial charge in [0.2, 0.25) is 0 Å². The van der Waals surface area contributed by atoms with Crippen LogP contribution < -0.4 is 5.32 Å². The van der Waals surface area contributed by atoms with Gasteiger partial charge in [-0.2, -0.15) is 0 Å². The molecule has 6 heteroatoms. The highest BCUT2D eigenvalue weighted by Crippen LogP contribution is 2.21. The molecule has 0 aliphatic heterocycles. The van der Waals surface area contributed by atoms with Crippen LogP contribution in [0.4, 0.5) is 4.79 Å². The number of benzene rings is 2. The maximum Gasteiger partial charge on any atom is 0.408 e. The van der Waals surface area contributed by atoms with E-state index in [0.29, 0.717) is 12.0 Å². The summed E-state index contributed by atoms with van der Waals surface area (Å²) in [5, 5.41) is 2.81.